The first kappa shape index (κ1) is 13.8. The Morgan fingerprint density at radius 1 is 1.42 bits per heavy atom. The Bertz CT molecular complexity index is 709. The van der Waals surface area contributed by atoms with Gasteiger partial charge in [0.15, 0.2) is 5.82 Å². The fourth-order valence-corrected chi connectivity index (χ4v) is 1.95. The van der Waals surface area contributed by atoms with E-state index in [1.807, 2.05) is 29.5 Å². The van der Waals surface area contributed by atoms with Gasteiger partial charge in [0.05, 0.1) is 5.56 Å². The third-order valence-corrected chi connectivity index (χ3v) is 3.03. The summed E-state index contributed by atoms with van der Waals surface area (Å²) < 4.78 is 19.2. The average molecular weight is 371 g/mol. The molecule has 0 amide bonds. The maximum atomic E-state index is 13.8. The lowest BCUT2D eigenvalue weighted by Crippen LogP contribution is -2.24. The van der Waals surface area contributed by atoms with Gasteiger partial charge in [-0.1, -0.05) is 18.1 Å². The zero-order chi connectivity index (χ0) is 13.8. The van der Waals surface area contributed by atoms with Crippen LogP contribution in [0.2, 0.25) is 0 Å². The summed E-state index contributed by atoms with van der Waals surface area (Å²) in [4.78, 5) is 12.1. The Morgan fingerprint density at radius 3 is 2.79 bits per heavy atom. The standard InChI is InChI=1S/C13H11FIN3O/c1-2-17-12(10-6-3-4-7-11(10)14)16-18(13(17)19)9-5-8-15/h3-4,6-7H,2,9H2,1H3. The lowest BCUT2D eigenvalue weighted by Gasteiger charge is -2.02. The summed E-state index contributed by atoms with van der Waals surface area (Å²) in [5.41, 5.74) is 0.0440. The van der Waals surface area contributed by atoms with Crippen LogP contribution in [0, 0.1) is 15.7 Å². The SMILES string of the molecule is CCn1c(-c2ccccc2F)nn(CC#CI)c1=O. The van der Waals surface area contributed by atoms with Crippen LogP contribution < -0.4 is 5.69 Å². The molecule has 0 atom stereocenters. The second kappa shape index (κ2) is 6.02. The molecule has 0 radical (unpaired) electrons. The van der Waals surface area contributed by atoms with Crippen molar-refractivity contribution in [2.75, 3.05) is 0 Å². The Balaban J connectivity index is 2.60. The highest BCUT2D eigenvalue weighted by Crippen LogP contribution is 2.19. The van der Waals surface area contributed by atoms with Crippen LogP contribution in [-0.4, -0.2) is 14.3 Å². The van der Waals surface area contributed by atoms with Crippen LogP contribution >= 0.6 is 22.6 Å². The van der Waals surface area contributed by atoms with Gasteiger partial charge in [0.25, 0.3) is 0 Å². The van der Waals surface area contributed by atoms with E-state index in [0.717, 1.165) is 0 Å². The number of hydrogen-bond donors (Lipinski definition) is 0. The van der Waals surface area contributed by atoms with Crippen LogP contribution in [0.5, 0.6) is 0 Å². The Hall–Kier alpha value is -1.62. The Kier molecular flexibility index (Phi) is 4.37. The second-order valence-electron chi connectivity index (χ2n) is 3.76. The molecule has 0 saturated carbocycles. The van der Waals surface area contributed by atoms with Crippen molar-refractivity contribution in [3.05, 3.63) is 40.6 Å². The minimum Gasteiger partial charge on any atom is -0.275 e. The molecule has 1 aromatic heterocycles. The molecule has 0 N–H and O–H groups in total. The molecule has 2 aromatic rings. The first-order valence-electron chi connectivity index (χ1n) is 5.70. The normalized spacial score (nSPS) is 10.1. The molecular weight excluding hydrogens is 360 g/mol. The zero-order valence-corrected chi connectivity index (χ0v) is 12.4. The molecule has 0 saturated heterocycles. The van der Waals surface area contributed by atoms with Gasteiger partial charge >= 0.3 is 5.69 Å². The molecular formula is C13H11FIN3O. The van der Waals surface area contributed by atoms with Crippen molar-refractivity contribution in [1.29, 1.82) is 0 Å². The molecule has 19 heavy (non-hydrogen) atoms. The summed E-state index contributed by atoms with van der Waals surface area (Å²) in [6.07, 6.45) is 0. The highest BCUT2D eigenvalue weighted by Gasteiger charge is 2.15. The second-order valence-corrected chi connectivity index (χ2v) is 4.30. The monoisotopic (exact) mass is 371 g/mol. The van der Waals surface area contributed by atoms with Crippen molar-refractivity contribution >= 4 is 22.6 Å². The predicted octanol–water partition coefficient (Wildman–Crippen LogP) is 2.27. The van der Waals surface area contributed by atoms with Crippen LogP contribution in [0.15, 0.2) is 29.1 Å². The van der Waals surface area contributed by atoms with Crippen molar-refractivity contribution in [3.8, 4) is 21.2 Å². The maximum absolute atomic E-state index is 13.8. The maximum Gasteiger partial charge on any atom is 0.347 e. The quantitative estimate of drug-likeness (QED) is 0.614. The van der Waals surface area contributed by atoms with Crippen molar-refractivity contribution in [2.24, 2.45) is 0 Å². The highest BCUT2D eigenvalue weighted by molar-refractivity contribution is 14.1. The van der Waals surface area contributed by atoms with Crippen LogP contribution in [0.25, 0.3) is 11.4 Å². The molecule has 6 heteroatoms. The minimum atomic E-state index is -0.394. The number of aromatic nitrogens is 3. The van der Waals surface area contributed by atoms with Gasteiger partial charge in [-0.3, -0.25) is 4.57 Å². The number of hydrogen-bond acceptors (Lipinski definition) is 2. The molecule has 4 nitrogen and oxygen atoms in total. The number of halogens is 2. The van der Waals surface area contributed by atoms with E-state index >= 15 is 0 Å². The molecule has 0 aliphatic rings. The fourth-order valence-electron chi connectivity index (χ4n) is 1.78. The summed E-state index contributed by atoms with van der Waals surface area (Å²) in [6, 6.07) is 6.28. The van der Waals surface area contributed by atoms with Gasteiger partial charge in [0.1, 0.15) is 12.4 Å². The number of nitrogens with zero attached hydrogens (tertiary/aromatic N) is 3. The summed E-state index contributed by atoms with van der Waals surface area (Å²) in [5, 5.41) is 4.17. The predicted molar refractivity (Wildman–Crippen MR) is 79.4 cm³/mol. The molecule has 1 aromatic carbocycles. The largest absolute Gasteiger partial charge is 0.347 e. The summed E-state index contributed by atoms with van der Waals surface area (Å²) >= 11 is 1.90. The average Bonchev–Trinajstić information content (AvgIpc) is 2.73. The molecule has 0 aliphatic heterocycles. The van der Waals surface area contributed by atoms with E-state index in [-0.39, 0.29) is 12.2 Å². The van der Waals surface area contributed by atoms with Crippen LogP contribution in [-0.2, 0) is 13.1 Å². The van der Waals surface area contributed by atoms with E-state index < -0.39 is 5.82 Å². The number of rotatable bonds is 3. The third kappa shape index (κ3) is 2.71. The smallest absolute Gasteiger partial charge is 0.275 e. The molecule has 0 spiro atoms. The van der Waals surface area contributed by atoms with Gasteiger partial charge in [-0.05, 0) is 23.0 Å². The molecule has 1 heterocycles. The third-order valence-electron chi connectivity index (χ3n) is 2.65. The van der Waals surface area contributed by atoms with Crippen LogP contribution in [0.3, 0.4) is 0 Å². The van der Waals surface area contributed by atoms with Gasteiger partial charge in [0.2, 0.25) is 0 Å². The van der Waals surface area contributed by atoms with Gasteiger partial charge in [0, 0.05) is 29.1 Å². The van der Waals surface area contributed by atoms with Crippen molar-refractivity contribution < 1.29 is 4.39 Å². The van der Waals surface area contributed by atoms with Crippen molar-refractivity contribution in [1.82, 2.24) is 14.3 Å². The van der Waals surface area contributed by atoms with Crippen molar-refractivity contribution in [2.45, 2.75) is 20.0 Å². The molecule has 0 unspecified atom stereocenters. The van der Waals surface area contributed by atoms with E-state index in [2.05, 4.69) is 14.9 Å². The lowest BCUT2D eigenvalue weighted by atomic mass is 10.2. The first-order valence-corrected chi connectivity index (χ1v) is 6.78. The molecule has 0 fully saturated rings. The summed E-state index contributed by atoms with van der Waals surface area (Å²) in [5.74, 6) is 2.71. The van der Waals surface area contributed by atoms with Gasteiger partial charge in [-0.15, -0.1) is 5.10 Å². The van der Waals surface area contributed by atoms with Gasteiger partial charge in [-0.2, -0.15) is 0 Å². The van der Waals surface area contributed by atoms with Gasteiger partial charge < -0.3 is 0 Å². The number of benzene rings is 1. The molecule has 2 rings (SSSR count). The van der Waals surface area contributed by atoms with Crippen LogP contribution in [0.4, 0.5) is 4.39 Å². The van der Waals surface area contributed by atoms with Gasteiger partial charge in [-0.25, -0.2) is 13.9 Å². The van der Waals surface area contributed by atoms with Crippen LogP contribution in [0.1, 0.15) is 6.92 Å². The topological polar surface area (TPSA) is 39.8 Å². The lowest BCUT2D eigenvalue weighted by molar-refractivity contribution is 0.626. The summed E-state index contributed by atoms with van der Waals surface area (Å²) in [6.45, 7) is 2.46. The zero-order valence-electron chi connectivity index (χ0n) is 10.2. The van der Waals surface area contributed by atoms with E-state index in [0.29, 0.717) is 17.9 Å². The van der Waals surface area contributed by atoms with E-state index in [1.165, 1.54) is 15.3 Å². The van der Waals surface area contributed by atoms with Crippen molar-refractivity contribution in [3.63, 3.8) is 0 Å². The van der Waals surface area contributed by atoms with E-state index in [4.69, 9.17) is 0 Å². The van der Waals surface area contributed by atoms with E-state index in [1.54, 1.807) is 18.2 Å². The first-order chi connectivity index (χ1) is 9.19. The molecule has 0 bridgehead atoms. The summed E-state index contributed by atoms with van der Waals surface area (Å²) in [7, 11) is 0. The Labute approximate surface area is 123 Å². The molecule has 0 aliphatic carbocycles. The minimum absolute atomic E-state index is 0.205. The Morgan fingerprint density at radius 2 is 2.16 bits per heavy atom. The van der Waals surface area contributed by atoms with E-state index in [9.17, 15) is 9.18 Å². The fraction of sp³-hybridized carbons (Fsp3) is 0.231. The molecule has 98 valence electrons. The highest BCUT2D eigenvalue weighted by atomic mass is 127.